The number of hydrogen-bond acceptors (Lipinski definition) is 4. The predicted molar refractivity (Wildman–Crippen MR) is 77.1 cm³/mol. The van der Waals surface area contributed by atoms with Crippen molar-refractivity contribution in [1.82, 2.24) is 5.32 Å². The molecule has 1 aromatic rings. The normalized spacial score (nSPS) is 8.95. The van der Waals surface area contributed by atoms with E-state index in [1.165, 1.54) is 7.11 Å². The fourth-order valence-electron chi connectivity index (χ4n) is 1.49. The highest BCUT2D eigenvalue weighted by atomic mass is 16.5. The number of nitriles is 1. The minimum Gasteiger partial charge on any atom is -0.468 e. The summed E-state index contributed by atoms with van der Waals surface area (Å²) in [5, 5.41) is 10.9. The van der Waals surface area contributed by atoms with Crippen LogP contribution in [-0.4, -0.2) is 25.5 Å². The number of esters is 1. The van der Waals surface area contributed by atoms with E-state index in [1.54, 1.807) is 24.3 Å². The van der Waals surface area contributed by atoms with Crippen molar-refractivity contribution in [2.75, 3.05) is 13.7 Å². The van der Waals surface area contributed by atoms with E-state index in [9.17, 15) is 9.59 Å². The predicted octanol–water partition coefficient (Wildman–Crippen LogP) is 1.63. The summed E-state index contributed by atoms with van der Waals surface area (Å²) >= 11 is 0. The lowest BCUT2D eigenvalue weighted by Crippen LogP contribution is -2.30. The van der Waals surface area contributed by atoms with Gasteiger partial charge in [0.2, 0.25) is 0 Å². The van der Waals surface area contributed by atoms with Gasteiger partial charge >= 0.3 is 5.97 Å². The van der Waals surface area contributed by atoms with Crippen LogP contribution < -0.4 is 5.32 Å². The lowest BCUT2D eigenvalue weighted by Gasteiger charge is -2.04. The van der Waals surface area contributed by atoms with Crippen molar-refractivity contribution in [1.29, 1.82) is 5.26 Å². The van der Waals surface area contributed by atoms with E-state index in [0.717, 1.165) is 12.0 Å². The van der Waals surface area contributed by atoms with Gasteiger partial charge in [-0.25, -0.2) is 0 Å². The maximum absolute atomic E-state index is 11.8. The van der Waals surface area contributed by atoms with Gasteiger partial charge in [0.05, 0.1) is 13.2 Å². The van der Waals surface area contributed by atoms with Crippen LogP contribution in [0, 0.1) is 23.2 Å². The van der Waals surface area contributed by atoms with Crippen molar-refractivity contribution in [2.45, 2.75) is 19.3 Å². The molecule has 108 valence electrons. The van der Waals surface area contributed by atoms with Crippen LogP contribution in [0.15, 0.2) is 24.3 Å². The molecule has 0 saturated heterocycles. The SMILES string of the molecule is COC(=O)CNC(=O)c1cccc(C#CCCCC#N)c1. The molecule has 1 aromatic carbocycles. The zero-order chi connectivity index (χ0) is 15.5. The number of benzene rings is 1. The second-order valence-corrected chi connectivity index (χ2v) is 4.15. The number of carbonyl (C=O) groups is 2. The fraction of sp³-hybridized carbons (Fsp3) is 0.312. The van der Waals surface area contributed by atoms with Crippen molar-refractivity contribution < 1.29 is 14.3 Å². The molecule has 0 fully saturated rings. The van der Waals surface area contributed by atoms with Crippen LogP contribution in [0.4, 0.5) is 0 Å². The molecule has 0 heterocycles. The molecule has 21 heavy (non-hydrogen) atoms. The number of carbonyl (C=O) groups excluding carboxylic acids is 2. The summed E-state index contributed by atoms with van der Waals surface area (Å²) in [4.78, 5) is 22.8. The monoisotopic (exact) mass is 284 g/mol. The van der Waals surface area contributed by atoms with Crippen molar-refractivity contribution in [3.8, 4) is 17.9 Å². The molecule has 0 bridgehead atoms. The Kier molecular flexibility index (Phi) is 7.10. The van der Waals surface area contributed by atoms with Crippen LogP contribution in [0.2, 0.25) is 0 Å². The van der Waals surface area contributed by atoms with Crippen molar-refractivity contribution in [3.63, 3.8) is 0 Å². The maximum Gasteiger partial charge on any atom is 0.325 e. The smallest absolute Gasteiger partial charge is 0.325 e. The van der Waals surface area contributed by atoms with Gasteiger partial charge < -0.3 is 10.1 Å². The molecule has 0 atom stereocenters. The molecule has 1 amide bonds. The average Bonchev–Trinajstić information content (AvgIpc) is 2.52. The van der Waals surface area contributed by atoms with Crippen LogP contribution in [0.5, 0.6) is 0 Å². The van der Waals surface area contributed by atoms with Crippen LogP contribution in [0.25, 0.3) is 0 Å². The van der Waals surface area contributed by atoms with Crippen LogP contribution in [0.3, 0.4) is 0 Å². The summed E-state index contributed by atoms with van der Waals surface area (Å²) in [5.41, 5.74) is 1.15. The van der Waals surface area contributed by atoms with Crippen molar-refractivity contribution in [3.05, 3.63) is 35.4 Å². The van der Waals surface area contributed by atoms with E-state index < -0.39 is 5.97 Å². The molecule has 0 radical (unpaired) electrons. The second-order valence-electron chi connectivity index (χ2n) is 4.15. The lowest BCUT2D eigenvalue weighted by molar-refractivity contribution is -0.139. The zero-order valence-electron chi connectivity index (χ0n) is 11.8. The molecule has 5 heteroatoms. The number of unbranched alkanes of at least 4 members (excludes halogenated alkanes) is 2. The Bertz CT molecular complexity index is 606. The van der Waals surface area contributed by atoms with Crippen LogP contribution in [0.1, 0.15) is 35.2 Å². The van der Waals surface area contributed by atoms with E-state index in [2.05, 4.69) is 28.0 Å². The number of hydrogen-bond donors (Lipinski definition) is 1. The third kappa shape index (κ3) is 6.26. The Morgan fingerprint density at radius 3 is 2.86 bits per heavy atom. The molecule has 1 rings (SSSR count). The highest BCUT2D eigenvalue weighted by Crippen LogP contribution is 2.04. The Balaban J connectivity index is 2.61. The van der Waals surface area contributed by atoms with E-state index in [4.69, 9.17) is 5.26 Å². The number of nitrogens with one attached hydrogen (secondary N) is 1. The maximum atomic E-state index is 11.8. The summed E-state index contributed by atoms with van der Waals surface area (Å²) in [6, 6.07) is 8.89. The van der Waals surface area contributed by atoms with Crippen molar-refractivity contribution >= 4 is 11.9 Å². The minimum absolute atomic E-state index is 0.167. The van der Waals surface area contributed by atoms with Crippen LogP contribution >= 0.6 is 0 Å². The summed E-state index contributed by atoms with van der Waals surface area (Å²) < 4.78 is 4.45. The highest BCUT2D eigenvalue weighted by molar-refractivity contribution is 5.96. The van der Waals surface area contributed by atoms with Gasteiger partial charge in [0.25, 0.3) is 5.91 Å². The topological polar surface area (TPSA) is 79.2 Å². The number of nitrogens with zero attached hydrogens (tertiary/aromatic N) is 1. The molecule has 0 spiro atoms. The Hall–Kier alpha value is -2.79. The number of methoxy groups -OCH3 is 1. The van der Waals surface area contributed by atoms with E-state index in [0.29, 0.717) is 18.4 Å². The molecule has 0 saturated carbocycles. The molecule has 5 nitrogen and oxygen atoms in total. The van der Waals surface area contributed by atoms with E-state index in [-0.39, 0.29) is 12.5 Å². The van der Waals surface area contributed by atoms with Gasteiger partial charge in [0.15, 0.2) is 0 Å². The lowest BCUT2D eigenvalue weighted by atomic mass is 10.1. The van der Waals surface area contributed by atoms with Gasteiger partial charge in [-0.1, -0.05) is 17.9 Å². The Morgan fingerprint density at radius 1 is 1.33 bits per heavy atom. The third-order valence-corrected chi connectivity index (χ3v) is 2.57. The summed E-state index contributed by atoms with van der Waals surface area (Å²) in [5.74, 6) is 5.04. The molecule has 0 aliphatic rings. The van der Waals surface area contributed by atoms with Gasteiger partial charge in [0, 0.05) is 24.0 Å². The minimum atomic E-state index is -0.503. The average molecular weight is 284 g/mol. The van der Waals surface area contributed by atoms with E-state index >= 15 is 0 Å². The first-order valence-corrected chi connectivity index (χ1v) is 6.48. The molecule has 0 aromatic heterocycles. The number of amides is 1. The molecular weight excluding hydrogens is 268 g/mol. The first-order valence-electron chi connectivity index (χ1n) is 6.48. The number of rotatable bonds is 5. The first kappa shape index (κ1) is 16.3. The molecule has 0 aliphatic carbocycles. The summed E-state index contributed by atoms with van der Waals surface area (Å²) in [6.07, 6.45) is 1.87. The molecular formula is C16H16N2O3. The molecule has 1 N–H and O–H groups in total. The molecule has 0 unspecified atom stereocenters. The highest BCUT2D eigenvalue weighted by Gasteiger charge is 2.07. The van der Waals surface area contributed by atoms with Gasteiger partial charge in [-0.3, -0.25) is 9.59 Å². The fourth-order valence-corrected chi connectivity index (χ4v) is 1.49. The number of ether oxygens (including phenoxy) is 1. The van der Waals surface area contributed by atoms with Crippen LogP contribution in [-0.2, 0) is 9.53 Å². The Labute approximate surface area is 123 Å². The van der Waals surface area contributed by atoms with Gasteiger partial charge in [-0.15, -0.1) is 0 Å². The third-order valence-electron chi connectivity index (χ3n) is 2.57. The van der Waals surface area contributed by atoms with Gasteiger partial charge in [-0.05, 0) is 24.6 Å². The first-order chi connectivity index (χ1) is 10.2. The summed E-state index contributed by atoms with van der Waals surface area (Å²) in [6.45, 7) is -0.167. The largest absolute Gasteiger partial charge is 0.468 e. The van der Waals surface area contributed by atoms with Gasteiger partial charge in [0.1, 0.15) is 6.54 Å². The van der Waals surface area contributed by atoms with Crippen molar-refractivity contribution in [2.24, 2.45) is 0 Å². The second kappa shape index (κ2) is 9.17. The molecule has 0 aliphatic heterocycles. The zero-order valence-corrected chi connectivity index (χ0v) is 11.8. The van der Waals surface area contributed by atoms with Gasteiger partial charge in [-0.2, -0.15) is 5.26 Å². The standard InChI is InChI=1S/C16H16N2O3/c1-21-15(19)12-18-16(20)14-9-6-8-13(11-14)7-4-2-3-5-10-17/h6,8-9,11H,2-3,5,12H2,1H3,(H,18,20). The quantitative estimate of drug-likeness (QED) is 0.506. The Morgan fingerprint density at radius 2 is 2.14 bits per heavy atom. The van der Waals surface area contributed by atoms with E-state index in [1.807, 2.05) is 0 Å². The summed E-state index contributed by atoms with van der Waals surface area (Å²) in [7, 11) is 1.26.